The Morgan fingerprint density at radius 3 is 2.09 bits per heavy atom. The molecule has 0 spiro atoms. The molecule has 0 fully saturated rings. The highest BCUT2D eigenvalue weighted by atomic mass is 16.2. The lowest BCUT2D eigenvalue weighted by Crippen LogP contribution is -2.51. The average molecular weight is 319 g/mol. The summed E-state index contributed by atoms with van der Waals surface area (Å²) in [6.07, 6.45) is 0. The van der Waals surface area contributed by atoms with Crippen LogP contribution >= 0.6 is 0 Å². The van der Waals surface area contributed by atoms with Gasteiger partial charge in [-0.3, -0.25) is 9.59 Å². The Balaban J connectivity index is 2.63. The smallest absolute Gasteiger partial charge is 0.251 e. The van der Waals surface area contributed by atoms with Crippen LogP contribution in [0.1, 0.15) is 43.6 Å². The summed E-state index contributed by atoms with van der Waals surface area (Å²) in [5.74, 6) is -0.0454. The average Bonchev–Trinajstić information content (AvgIpc) is 2.50. The molecule has 0 aliphatic carbocycles. The fourth-order valence-corrected chi connectivity index (χ4v) is 2.04. The summed E-state index contributed by atoms with van der Waals surface area (Å²) in [5, 5.41) is 5.81. The number of carbonyl (C=O) groups excluding carboxylic acids is 2. The van der Waals surface area contributed by atoms with Gasteiger partial charge in [0.15, 0.2) is 0 Å². The summed E-state index contributed by atoms with van der Waals surface area (Å²) in [4.78, 5) is 24.3. The van der Waals surface area contributed by atoms with Gasteiger partial charge in [0.25, 0.3) is 5.91 Å². The molecule has 5 nitrogen and oxygen atoms in total. The zero-order valence-electron chi connectivity index (χ0n) is 14.7. The molecule has 1 aromatic carbocycles. The van der Waals surface area contributed by atoms with E-state index in [0.29, 0.717) is 12.1 Å². The molecule has 0 saturated carbocycles. The molecule has 0 radical (unpaired) electrons. The molecule has 0 aliphatic rings. The highest BCUT2D eigenvalue weighted by molar-refractivity contribution is 5.94. The third-order valence-corrected chi connectivity index (χ3v) is 3.95. The van der Waals surface area contributed by atoms with Crippen LogP contribution in [-0.4, -0.2) is 30.4 Å². The first-order chi connectivity index (χ1) is 10.7. The quantitative estimate of drug-likeness (QED) is 0.717. The first-order valence-electron chi connectivity index (χ1n) is 8.13. The molecule has 2 atom stereocenters. The Kier molecular flexibility index (Phi) is 7.23. The van der Waals surface area contributed by atoms with Crippen molar-refractivity contribution in [3.63, 3.8) is 0 Å². The van der Waals surface area contributed by atoms with E-state index >= 15 is 0 Å². The van der Waals surface area contributed by atoms with Gasteiger partial charge < -0.3 is 16.4 Å². The topological polar surface area (TPSA) is 84.2 Å². The number of amides is 2. The maximum absolute atomic E-state index is 12.3. The summed E-state index contributed by atoms with van der Waals surface area (Å²) >= 11 is 0. The Labute approximate surface area is 139 Å². The van der Waals surface area contributed by atoms with Gasteiger partial charge in [0.2, 0.25) is 5.91 Å². The van der Waals surface area contributed by atoms with E-state index in [4.69, 9.17) is 5.73 Å². The van der Waals surface area contributed by atoms with E-state index in [1.165, 1.54) is 0 Å². The zero-order chi connectivity index (χ0) is 17.6. The Bertz CT molecular complexity index is 524. The largest absolute Gasteiger partial charge is 0.353 e. The van der Waals surface area contributed by atoms with Crippen LogP contribution in [0.15, 0.2) is 24.3 Å². The number of hydrogen-bond acceptors (Lipinski definition) is 3. The normalized spacial score (nSPS) is 13.7. The van der Waals surface area contributed by atoms with Crippen LogP contribution in [0, 0.1) is 18.8 Å². The van der Waals surface area contributed by atoms with Crippen molar-refractivity contribution < 1.29 is 9.59 Å². The standard InChI is InChI=1S/C18H29N3O2/c1-11(2)15(10-20-18(23)16(19)12(3)4)21-17(22)14-8-6-13(5)7-9-14/h6-9,11-12,15-16H,10,19H2,1-5H3,(H,20,23)(H,21,22). The van der Waals surface area contributed by atoms with E-state index in [2.05, 4.69) is 10.6 Å². The third kappa shape index (κ3) is 6.02. The van der Waals surface area contributed by atoms with Crippen LogP contribution < -0.4 is 16.4 Å². The van der Waals surface area contributed by atoms with Gasteiger partial charge in [-0.2, -0.15) is 0 Å². The second-order valence-corrected chi connectivity index (χ2v) is 6.70. The van der Waals surface area contributed by atoms with E-state index in [1.807, 2.05) is 46.8 Å². The molecule has 0 aromatic heterocycles. The Morgan fingerprint density at radius 2 is 1.61 bits per heavy atom. The number of benzene rings is 1. The molecule has 0 bridgehead atoms. The second-order valence-electron chi connectivity index (χ2n) is 6.70. The van der Waals surface area contributed by atoms with E-state index < -0.39 is 6.04 Å². The zero-order valence-corrected chi connectivity index (χ0v) is 14.7. The van der Waals surface area contributed by atoms with E-state index in [-0.39, 0.29) is 29.7 Å². The Morgan fingerprint density at radius 1 is 1.04 bits per heavy atom. The molecule has 23 heavy (non-hydrogen) atoms. The van der Waals surface area contributed by atoms with Gasteiger partial charge in [-0.15, -0.1) is 0 Å². The summed E-state index contributed by atoms with van der Waals surface area (Å²) < 4.78 is 0. The van der Waals surface area contributed by atoms with Crippen molar-refractivity contribution in [3.8, 4) is 0 Å². The minimum absolute atomic E-state index is 0.0784. The van der Waals surface area contributed by atoms with Gasteiger partial charge in [-0.05, 0) is 30.9 Å². The molecule has 2 amide bonds. The maximum atomic E-state index is 12.3. The fraction of sp³-hybridized carbons (Fsp3) is 0.556. The molecule has 1 aromatic rings. The van der Waals surface area contributed by atoms with E-state index in [0.717, 1.165) is 5.56 Å². The molecule has 1 rings (SSSR count). The molecule has 4 N–H and O–H groups in total. The molecule has 0 aliphatic heterocycles. The second kappa shape index (κ2) is 8.67. The highest BCUT2D eigenvalue weighted by Gasteiger charge is 2.21. The van der Waals surface area contributed by atoms with Gasteiger partial charge in [0.1, 0.15) is 0 Å². The van der Waals surface area contributed by atoms with Crippen LogP contribution in [0.5, 0.6) is 0 Å². The molecule has 2 unspecified atom stereocenters. The predicted octanol–water partition coefficient (Wildman–Crippen LogP) is 1.85. The van der Waals surface area contributed by atoms with Gasteiger partial charge in [0, 0.05) is 18.2 Å². The number of nitrogens with one attached hydrogen (secondary N) is 2. The van der Waals surface area contributed by atoms with Crippen molar-refractivity contribution in [2.24, 2.45) is 17.6 Å². The van der Waals surface area contributed by atoms with E-state index in [9.17, 15) is 9.59 Å². The van der Waals surface area contributed by atoms with Crippen LogP contribution in [-0.2, 0) is 4.79 Å². The van der Waals surface area contributed by atoms with Crippen molar-refractivity contribution in [2.75, 3.05) is 6.54 Å². The van der Waals surface area contributed by atoms with Gasteiger partial charge in [-0.25, -0.2) is 0 Å². The molecule has 5 heteroatoms. The molecule has 0 heterocycles. The minimum Gasteiger partial charge on any atom is -0.353 e. The van der Waals surface area contributed by atoms with Gasteiger partial charge in [0.05, 0.1) is 6.04 Å². The van der Waals surface area contributed by atoms with Gasteiger partial charge >= 0.3 is 0 Å². The Hall–Kier alpha value is -1.88. The predicted molar refractivity (Wildman–Crippen MR) is 93.1 cm³/mol. The minimum atomic E-state index is -0.532. The van der Waals surface area contributed by atoms with Crippen LogP contribution in [0.3, 0.4) is 0 Å². The number of aryl methyl sites for hydroxylation is 1. The maximum Gasteiger partial charge on any atom is 0.251 e. The molecule has 128 valence electrons. The first kappa shape index (κ1) is 19.2. The number of carbonyl (C=O) groups is 2. The highest BCUT2D eigenvalue weighted by Crippen LogP contribution is 2.06. The van der Waals surface area contributed by atoms with Gasteiger partial charge in [-0.1, -0.05) is 45.4 Å². The number of hydrogen-bond donors (Lipinski definition) is 3. The summed E-state index contributed by atoms with van der Waals surface area (Å²) in [6, 6.07) is 6.73. The summed E-state index contributed by atoms with van der Waals surface area (Å²) in [7, 11) is 0. The lowest BCUT2D eigenvalue weighted by Gasteiger charge is -2.24. The SMILES string of the molecule is Cc1ccc(C(=O)NC(CNC(=O)C(N)C(C)C)C(C)C)cc1. The number of rotatable bonds is 7. The van der Waals surface area contributed by atoms with Crippen LogP contribution in [0.4, 0.5) is 0 Å². The van der Waals surface area contributed by atoms with Crippen molar-refractivity contribution in [3.05, 3.63) is 35.4 Å². The fourth-order valence-electron chi connectivity index (χ4n) is 2.04. The van der Waals surface area contributed by atoms with Crippen molar-refractivity contribution in [2.45, 2.75) is 46.7 Å². The molecular formula is C18H29N3O2. The lowest BCUT2D eigenvalue weighted by molar-refractivity contribution is -0.123. The van der Waals surface area contributed by atoms with E-state index in [1.54, 1.807) is 12.1 Å². The van der Waals surface area contributed by atoms with Crippen molar-refractivity contribution >= 4 is 11.8 Å². The first-order valence-corrected chi connectivity index (χ1v) is 8.13. The molecule has 0 saturated heterocycles. The van der Waals surface area contributed by atoms with Crippen LogP contribution in [0.2, 0.25) is 0 Å². The third-order valence-electron chi connectivity index (χ3n) is 3.95. The van der Waals surface area contributed by atoms with Crippen molar-refractivity contribution in [1.29, 1.82) is 0 Å². The summed E-state index contributed by atoms with van der Waals surface area (Å²) in [6.45, 7) is 10.2. The lowest BCUT2D eigenvalue weighted by atomic mass is 10.0. The number of nitrogens with two attached hydrogens (primary N) is 1. The monoisotopic (exact) mass is 319 g/mol. The molecular weight excluding hydrogens is 290 g/mol. The van der Waals surface area contributed by atoms with Crippen molar-refractivity contribution in [1.82, 2.24) is 10.6 Å². The van der Waals surface area contributed by atoms with Crippen LogP contribution in [0.25, 0.3) is 0 Å². The summed E-state index contributed by atoms with van der Waals surface area (Å²) in [5.41, 5.74) is 7.55.